The summed E-state index contributed by atoms with van der Waals surface area (Å²) in [7, 11) is 0. The summed E-state index contributed by atoms with van der Waals surface area (Å²) >= 11 is 5.43. The lowest BCUT2D eigenvalue weighted by atomic mass is 9.98. The van der Waals surface area contributed by atoms with Gasteiger partial charge in [0.25, 0.3) is 0 Å². The number of alkyl halides is 1. The molecular weight excluding hydrogens is 226 g/mol. The second-order valence-electron chi connectivity index (χ2n) is 3.72. The monoisotopic (exact) mass is 239 g/mol. The quantitative estimate of drug-likeness (QED) is 0.651. The summed E-state index contributed by atoms with van der Waals surface area (Å²) in [5.41, 5.74) is 3.92. The van der Waals surface area contributed by atoms with Crippen molar-refractivity contribution in [1.82, 2.24) is 0 Å². The molecule has 0 saturated carbocycles. The molecule has 0 spiro atoms. The van der Waals surface area contributed by atoms with Gasteiger partial charge in [0.15, 0.2) is 6.29 Å². The van der Waals surface area contributed by atoms with E-state index >= 15 is 0 Å². The fourth-order valence-electron chi connectivity index (χ4n) is 1.75. The molecule has 0 heterocycles. The maximum Gasteiger partial charge on any atom is 0.239 e. The van der Waals surface area contributed by atoms with Crippen LogP contribution in [-0.2, 0) is 4.79 Å². The van der Waals surface area contributed by atoms with Crippen molar-refractivity contribution in [3.8, 4) is 0 Å². The summed E-state index contributed by atoms with van der Waals surface area (Å²) < 4.78 is 0. The molecular formula is C12H14ClNO2. The van der Waals surface area contributed by atoms with Gasteiger partial charge in [0.2, 0.25) is 5.91 Å². The maximum absolute atomic E-state index is 11.2. The van der Waals surface area contributed by atoms with Crippen LogP contribution in [0.4, 0.5) is 5.69 Å². The number of anilines is 1. The van der Waals surface area contributed by atoms with Gasteiger partial charge in [0, 0.05) is 11.3 Å². The number of benzene rings is 1. The van der Waals surface area contributed by atoms with Crippen molar-refractivity contribution in [3.05, 3.63) is 28.3 Å². The third kappa shape index (κ3) is 2.42. The molecule has 16 heavy (non-hydrogen) atoms. The third-order valence-electron chi connectivity index (χ3n) is 2.53. The Morgan fingerprint density at radius 3 is 2.50 bits per heavy atom. The molecule has 0 aliphatic heterocycles. The molecule has 0 aromatic heterocycles. The highest BCUT2D eigenvalue weighted by Crippen LogP contribution is 2.25. The van der Waals surface area contributed by atoms with E-state index in [-0.39, 0.29) is 11.8 Å². The van der Waals surface area contributed by atoms with Crippen LogP contribution in [0.15, 0.2) is 6.07 Å². The van der Waals surface area contributed by atoms with Crippen LogP contribution in [0.2, 0.25) is 0 Å². The average molecular weight is 240 g/mol. The molecule has 3 nitrogen and oxygen atoms in total. The van der Waals surface area contributed by atoms with Gasteiger partial charge in [0.1, 0.15) is 5.88 Å². The van der Waals surface area contributed by atoms with Crippen LogP contribution >= 0.6 is 11.6 Å². The zero-order chi connectivity index (χ0) is 12.3. The van der Waals surface area contributed by atoms with Crippen molar-refractivity contribution in [1.29, 1.82) is 0 Å². The molecule has 0 aliphatic rings. The van der Waals surface area contributed by atoms with Gasteiger partial charge in [-0.1, -0.05) is 6.07 Å². The van der Waals surface area contributed by atoms with Crippen LogP contribution in [0.1, 0.15) is 27.0 Å². The smallest absolute Gasteiger partial charge is 0.239 e. The fourth-order valence-corrected chi connectivity index (χ4v) is 1.81. The summed E-state index contributed by atoms with van der Waals surface area (Å²) in [5, 5.41) is 2.70. The van der Waals surface area contributed by atoms with E-state index in [1.165, 1.54) is 0 Å². The predicted molar refractivity (Wildman–Crippen MR) is 65.4 cm³/mol. The fraction of sp³-hybridized carbons (Fsp3) is 0.333. The lowest BCUT2D eigenvalue weighted by Gasteiger charge is -2.14. The summed E-state index contributed by atoms with van der Waals surface area (Å²) in [5.74, 6) is -0.364. The van der Waals surface area contributed by atoms with Crippen molar-refractivity contribution in [2.45, 2.75) is 20.8 Å². The summed E-state index contributed by atoms with van der Waals surface area (Å²) in [6, 6.07) is 1.88. The second kappa shape index (κ2) is 5.12. The van der Waals surface area contributed by atoms with Crippen molar-refractivity contribution in [2.24, 2.45) is 0 Å². The first-order chi connectivity index (χ1) is 7.51. The Kier molecular flexibility index (Phi) is 4.07. The first-order valence-electron chi connectivity index (χ1n) is 4.93. The zero-order valence-corrected chi connectivity index (χ0v) is 10.3. The molecule has 1 aromatic rings. The number of hydrogen-bond donors (Lipinski definition) is 1. The Bertz CT molecular complexity index is 441. The van der Waals surface area contributed by atoms with Crippen LogP contribution in [0.5, 0.6) is 0 Å². The highest BCUT2D eigenvalue weighted by Gasteiger charge is 2.12. The highest BCUT2D eigenvalue weighted by atomic mass is 35.5. The van der Waals surface area contributed by atoms with Crippen LogP contribution in [0.25, 0.3) is 0 Å². The molecule has 86 valence electrons. The molecule has 0 fully saturated rings. The van der Waals surface area contributed by atoms with Gasteiger partial charge in [-0.2, -0.15) is 0 Å². The summed E-state index contributed by atoms with van der Waals surface area (Å²) in [4.78, 5) is 22.2. The van der Waals surface area contributed by atoms with Crippen LogP contribution in [-0.4, -0.2) is 18.1 Å². The van der Waals surface area contributed by atoms with E-state index < -0.39 is 0 Å². The van der Waals surface area contributed by atoms with Gasteiger partial charge in [-0.25, -0.2) is 0 Å². The Balaban J connectivity index is 3.28. The molecule has 0 atom stereocenters. The molecule has 0 bridgehead atoms. The van der Waals surface area contributed by atoms with E-state index in [9.17, 15) is 9.59 Å². The minimum atomic E-state index is -0.270. The van der Waals surface area contributed by atoms with E-state index in [2.05, 4.69) is 5.32 Å². The summed E-state index contributed by atoms with van der Waals surface area (Å²) in [6.07, 6.45) is 0.806. The van der Waals surface area contributed by atoms with E-state index in [0.29, 0.717) is 11.3 Å². The number of aryl methyl sites for hydroxylation is 2. The molecule has 4 heteroatoms. The molecule has 1 amide bonds. The lowest BCUT2D eigenvalue weighted by Crippen LogP contribution is -2.15. The van der Waals surface area contributed by atoms with Gasteiger partial charge in [-0.3, -0.25) is 9.59 Å². The van der Waals surface area contributed by atoms with E-state index in [1.807, 2.05) is 26.8 Å². The number of nitrogens with one attached hydrogen (secondary N) is 1. The van der Waals surface area contributed by atoms with Crippen molar-refractivity contribution in [3.63, 3.8) is 0 Å². The molecule has 1 N–H and O–H groups in total. The molecule has 1 rings (SSSR count). The second-order valence-corrected chi connectivity index (χ2v) is 3.99. The van der Waals surface area contributed by atoms with Gasteiger partial charge in [-0.05, 0) is 37.5 Å². The van der Waals surface area contributed by atoms with Gasteiger partial charge < -0.3 is 5.32 Å². The third-order valence-corrected chi connectivity index (χ3v) is 2.78. The number of halogens is 1. The number of carbonyl (C=O) groups is 2. The molecule has 1 aromatic carbocycles. The number of amides is 1. The molecule has 0 radical (unpaired) electrons. The van der Waals surface area contributed by atoms with E-state index in [1.54, 1.807) is 0 Å². The molecule has 0 saturated heterocycles. The van der Waals surface area contributed by atoms with Crippen molar-refractivity contribution in [2.75, 3.05) is 11.2 Å². The number of carbonyl (C=O) groups excluding carboxylic acids is 2. The Morgan fingerprint density at radius 1 is 1.38 bits per heavy atom. The SMILES string of the molecule is Cc1cc(C)c(NC(=O)CCl)c(C)c1C=O. The first kappa shape index (κ1) is 12.7. The average Bonchev–Trinajstić information content (AvgIpc) is 2.24. The van der Waals surface area contributed by atoms with Crippen LogP contribution < -0.4 is 5.32 Å². The van der Waals surface area contributed by atoms with Crippen LogP contribution in [0, 0.1) is 20.8 Å². The van der Waals surface area contributed by atoms with Crippen molar-refractivity contribution < 1.29 is 9.59 Å². The maximum atomic E-state index is 11.2. The first-order valence-corrected chi connectivity index (χ1v) is 5.46. The standard InChI is InChI=1S/C12H14ClNO2/c1-7-4-8(2)12(14-11(16)5-13)9(3)10(7)6-15/h4,6H,5H2,1-3H3,(H,14,16). The molecule has 0 unspecified atom stereocenters. The zero-order valence-electron chi connectivity index (χ0n) is 9.56. The summed E-state index contributed by atoms with van der Waals surface area (Å²) in [6.45, 7) is 5.57. The molecule has 0 aliphatic carbocycles. The Morgan fingerprint density at radius 2 is 2.00 bits per heavy atom. The van der Waals surface area contributed by atoms with E-state index in [0.717, 1.165) is 23.0 Å². The number of aldehydes is 1. The minimum absolute atomic E-state index is 0.0941. The van der Waals surface area contributed by atoms with Gasteiger partial charge in [-0.15, -0.1) is 11.6 Å². The van der Waals surface area contributed by atoms with E-state index in [4.69, 9.17) is 11.6 Å². The van der Waals surface area contributed by atoms with Gasteiger partial charge >= 0.3 is 0 Å². The lowest BCUT2D eigenvalue weighted by molar-refractivity contribution is -0.113. The Labute approximate surface area is 99.8 Å². The predicted octanol–water partition coefficient (Wildman–Crippen LogP) is 2.60. The van der Waals surface area contributed by atoms with Crippen LogP contribution in [0.3, 0.4) is 0 Å². The largest absolute Gasteiger partial charge is 0.325 e. The number of hydrogen-bond acceptors (Lipinski definition) is 2. The number of rotatable bonds is 3. The topological polar surface area (TPSA) is 46.2 Å². The highest BCUT2D eigenvalue weighted by molar-refractivity contribution is 6.29. The van der Waals surface area contributed by atoms with Crippen molar-refractivity contribution >= 4 is 29.5 Å². The minimum Gasteiger partial charge on any atom is -0.325 e. The Hall–Kier alpha value is -1.35. The van der Waals surface area contributed by atoms with Gasteiger partial charge in [0.05, 0.1) is 0 Å². The normalized spacial score (nSPS) is 10.0.